The summed E-state index contributed by atoms with van der Waals surface area (Å²) in [5, 5.41) is 13.2. The van der Waals surface area contributed by atoms with Crippen molar-refractivity contribution in [2.24, 2.45) is 0 Å². The predicted molar refractivity (Wildman–Crippen MR) is 127 cm³/mol. The molecule has 0 aromatic heterocycles. The van der Waals surface area contributed by atoms with E-state index in [9.17, 15) is 5.11 Å². The largest absolute Gasteiger partial charge is 1.00 e. The van der Waals surface area contributed by atoms with Crippen LogP contribution in [-0.4, -0.2) is 71.9 Å². The maximum atomic E-state index is 10.6. The summed E-state index contributed by atoms with van der Waals surface area (Å²) in [6, 6.07) is 18.6. The summed E-state index contributed by atoms with van der Waals surface area (Å²) in [4.78, 5) is 2.92. The Bertz CT molecular complexity index is 1050. The molecule has 4 rings (SSSR count). The molecule has 3 aromatic carbocycles. The number of piperazine rings is 1. The molecule has 1 atom stereocenters. The molecule has 1 fully saturated rings. The number of methoxy groups -OCH3 is 3. The van der Waals surface area contributed by atoms with E-state index < -0.39 is 6.10 Å². The molecule has 3 aromatic rings. The number of aliphatic hydroxyl groups is 1. The lowest BCUT2D eigenvalue weighted by Crippen LogP contribution is -3.26. The number of hydrogen-bond acceptors (Lipinski definition) is 5. The maximum Gasteiger partial charge on any atom is 0.203 e. The first-order chi connectivity index (χ1) is 16.1. The molecule has 0 radical (unpaired) electrons. The van der Waals surface area contributed by atoms with Crippen molar-refractivity contribution in [3.8, 4) is 23.0 Å². The molecule has 35 heavy (non-hydrogen) atoms. The number of halogens is 2. The Kier molecular flexibility index (Phi) is 11.2. The lowest BCUT2D eigenvalue weighted by Gasteiger charge is -2.31. The highest BCUT2D eigenvalue weighted by atomic mass is 35.5. The van der Waals surface area contributed by atoms with Crippen molar-refractivity contribution in [3.05, 3.63) is 54.6 Å². The summed E-state index contributed by atoms with van der Waals surface area (Å²) < 4.78 is 21.9. The minimum Gasteiger partial charge on any atom is -1.00 e. The smallest absolute Gasteiger partial charge is 0.203 e. The van der Waals surface area contributed by atoms with Gasteiger partial charge in [-0.15, -0.1) is 0 Å². The van der Waals surface area contributed by atoms with Gasteiger partial charge in [-0.05, 0) is 17.5 Å². The standard InChI is InChI=1S/C26H32N2O5.2ClH/c1-30-24-15-21(16-25(31-2)26(24)32-3)33-18-20(29)17-27-11-13-28(14-12-27)23-10-6-8-19-7-4-5-9-22(19)23;;/h4-10,15-16,20,29H,11-14,17-18H2,1-3H3;2*1H. The van der Waals surface area contributed by atoms with E-state index in [1.165, 1.54) is 26.3 Å². The van der Waals surface area contributed by atoms with E-state index >= 15 is 0 Å². The van der Waals surface area contributed by atoms with Crippen LogP contribution in [0.3, 0.4) is 0 Å². The number of hydrogen-bond donors (Lipinski definition) is 3. The van der Waals surface area contributed by atoms with Crippen molar-refractivity contribution in [1.29, 1.82) is 0 Å². The van der Waals surface area contributed by atoms with E-state index in [2.05, 4.69) is 42.5 Å². The summed E-state index contributed by atoms with van der Waals surface area (Å²) in [6.07, 6.45) is -0.557. The van der Waals surface area contributed by atoms with Crippen LogP contribution in [0.2, 0.25) is 0 Å². The molecular weight excluding hydrogens is 491 g/mol. The first-order valence-corrected chi connectivity index (χ1v) is 11.4. The molecule has 1 heterocycles. The van der Waals surface area contributed by atoms with Crippen LogP contribution in [0.25, 0.3) is 10.8 Å². The van der Waals surface area contributed by atoms with Crippen LogP contribution < -0.4 is 53.6 Å². The van der Waals surface area contributed by atoms with E-state index in [1.54, 1.807) is 33.5 Å². The normalized spacial score (nSPS) is 18.1. The van der Waals surface area contributed by atoms with E-state index in [1.807, 2.05) is 0 Å². The first kappa shape index (κ1) is 28.8. The second-order valence-corrected chi connectivity index (χ2v) is 8.41. The van der Waals surface area contributed by atoms with Crippen LogP contribution in [0.15, 0.2) is 54.6 Å². The lowest BCUT2D eigenvalue weighted by atomic mass is 10.1. The van der Waals surface area contributed by atoms with E-state index in [4.69, 9.17) is 18.9 Å². The molecule has 0 saturated carbocycles. The molecule has 0 aliphatic carbocycles. The average Bonchev–Trinajstić information content (AvgIpc) is 2.87. The number of fused-ring (bicyclic) bond motifs is 1. The molecular formula is C26H34Cl2N2O5. The van der Waals surface area contributed by atoms with Gasteiger partial charge >= 0.3 is 0 Å². The number of aliphatic hydroxyl groups excluding tert-OH is 1. The second-order valence-electron chi connectivity index (χ2n) is 8.41. The zero-order valence-corrected chi connectivity index (χ0v) is 21.9. The molecule has 3 N–H and O–H groups in total. The quantitative estimate of drug-likeness (QED) is 0.261. The summed E-state index contributed by atoms with van der Waals surface area (Å²) in [7, 11) is 4.70. The number of benzene rings is 3. The van der Waals surface area contributed by atoms with Gasteiger partial charge < -0.3 is 53.8 Å². The van der Waals surface area contributed by atoms with Crippen molar-refractivity contribution < 1.29 is 58.7 Å². The SMILES string of the molecule is COc1cc(OCC(O)C[NH+]2CC[NH+](c3cccc4ccccc34)CC2)cc(OC)c1OC.[Cl-].[Cl-]. The Labute approximate surface area is 219 Å². The molecule has 1 aliphatic rings. The zero-order valence-electron chi connectivity index (χ0n) is 20.4. The van der Waals surface area contributed by atoms with Crippen LogP contribution in [0.4, 0.5) is 5.69 Å². The molecule has 1 aliphatic heterocycles. The highest BCUT2D eigenvalue weighted by Gasteiger charge is 2.27. The van der Waals surface area contributed by atoms with Gasteiger partial charge in [0.25, 0.3) is 0 Å². The van der Waals surface area contributed by atoms with Crippen molar-refractivity contribution in [1.82, 2.24) is 0 Å². The van der Waals surface area contributed by atoms with Crippen molar-refractivity contribution in [3.63, 3.8) is 0 Å². The Morgan fingerprint density at radius 2 is 1.46 bits per heavy atom. The predicted octanol–water partition coefficient (Wildman–Crippen LogP) is -5.27. The summed E-state index contributed by atoms with van der Waals surface area (Å²) in [5.74, 6) is 2.15. The van der Waals surface area contributed by atoms with Gasteiger partial charge in [0.2, 0.25) is 5.75 Å². The Morgan fingerprint density at radius 3 is 2.09 bits per heavy atom. The highest BCUT2D eigenvalue weighted by molar-refractivity contribution is 5.90. The molecule has 1 unspecified atom stereocenters. The lowest BCUT2D eigenvalue weighted by molar-refractivity contribution is -0.987. The van der Waals surface area contributed by atoms with Crippen LogP contribution in [0.5, 0.6) is 23.0 Å². The monoisotopic (exact) mass is 524 g/mol. The van der Waals surface area contributed by atoms with Crippen LogP contribution >= 0.6 is 0 Å². The third kappa shape index (κ3) is 6.84. The molecule has 1 saturated heterocycles. The minimum absolute atomic E-state index is 0. The Morgan fingerprint density at radius 1 is 0.829 bits per heavy atom. The average molecular weight is 525 g/mol. The van der Waals surface area contributed by atoms with Gasteiger partial charge in [-0.25, -0.2) is 0 Å². The first-order valence-electron chi connectivity index (χ1n) is 11.4. The van der Waals surface area contributed by atoms with Gasteiger partial charge in [0.1, 0.15) is 56.9 Å². The summed E-state index contributed by atoms with van der Waals surface area (Å²) in [6.45, 7) is 4.99. The molecule has 192 valence electrons. The van der Waals surface area contributed by atoms with Crippen LogP contribution in [-0.2, 0) is 0 Å². The third-order valence-corrected chi connectivity index (χ3v) is 6.34. The topological polar surface area (TPSA) is 66.0 Å². The van der Waals surface area contributed by atoms with Gasteiger partial charge in [-0.1, -0.05) is 30.3 Å². The van der Waals surface area contributed by atoms with Crippen LogP contribution in [0.1, 0.15) is 0 Å². The second kappa shape index (κ2) is 13.6. The van der Waals surface area contributed by atoms with E-state index in [0.717, 1.165) is 26.2 Å². The number of rotatable bonds is 9. The molecule has 7 nitrogen and oxygen atoms in total. The Hall–Kier alpha value is -2.42. The Balaban J connectivity index is 0.00000216. The van der Waals surface area contributed by atoms with Gasteiger partial charge in [-0.3, -0.25) is 4.90 Å². The fourth-order valence-corrected chi connectivity index (χ4v) is 4.64. The number of quaternary nitrogens is 2. The highest BCUT2D eigenvalue weighted by Crippen LogP contribution is 2.40. The van der Waals surface area contributed by atoms with Gasteiger partial charge in [-0.2, -0.15) is 0 Å². The third-order valence-electron chi connectivity index (χ3n) is 6.34. The summed E-state index contributed by atoms with van der Waals surface area (Å²) in [5.41, 5.74) is 1.37. The summed E-state index contributed by atoms with van der Waals surface area (Å²) >= 11 is 0. The fraction of sp³-hybridized carbons (Fsp3) is 0.385. The van der Waals surface area contributed by atoms with Gasteiger partial charge in [0.15, 0.2) is 11.5 Å². The van der Waals surface area contributed by atoms with Gasteiger partial charge in [0, 0.05) is 17.5 Å². The molecule has 0 amide bonds. The molecule has 9 heteroatoms. The number of ether oxygens (including phenoxy) is 4. The van der Waals surface area contributed by atoms with E-state index in [0.29, 0.717) is 29.5 Å². The van der Waals surface area contributed by atoms with Gasteiger partial charge in [0.05, 0.1) is 21.3 Å². The fourth-order valence-electron chi connectivity index (χ4n) is 4.64. The minimum atomic E-state index is -0.557. The van der Waals surface area contributed by atoms with Crippen molar-refractivity contribution >= 4 is 16.5 Å². The molecule has 0 bridgehead atoms. The molecule has 0 spiro atoms. The zero-order chi connectivity index (χ0) is 23.2. The maximum absolute atomic E-state index is 10.6. The van der Waals surface area contributed by atoms with Crippen molar-refractivity contribution in [2.45, 2.75) is 6.10 Å². The van der Waals surface area contributed by atoms with Crippen LogP contribution in [0, 0.1) is 0 Å². The number of nitrogens with one attached hydrogen (secondary N) is 2. The van der Waals surface area contributed by atoms with Crippen molar-refractivity contribution in [2.75, 3.05) is 60.7 Å². The van der Waals surface area contributed by atoms with E-state index in [-0.39, 0.29) is 31.4 Å².